The molecular formula is C11H9O3Rh-. The Morgan fingerprint density at radius 3 is 2.87 bits per heavy atom. The number of hydrogen-bond acceptors (Lipinski definition) is 3. The number of rotatable bonds is 4. The minimum atomic E-state index is -0.511. The van der Waals surface area contributed by atoms with Crippen LogP contribution in [0.3, 0.4) is 0 Å². The van der Waals surface area contributed by atoms with Crippen LogP contribution < -0.4 is 0 Å². The molecule has 0 N–H and O–H groups in total. The van der Waals surface area contributed by atoms with Gasteiger partial charge in [0.15, 0.2) is 0 Å². The number of hydrogen-bond donors (Lipinski definition) is 0. The number of furan rings is 2. The molecule has 81 valence electrons. The predicted octanol–water partition coefficient (Wildman–Crippen LogP) is 1.94. The largest absolute Gasteiger partial charge is 0.490 e. The fraction of sp³-hybridized carbons (Fsp3) is 0.182. The third-order valence-corrected chi connectivity index (χ3v) is 2.01. The van der Waals surface area contributed by atoms with Gasteiger partial charge >= 0.3 is 0 Å². The Labute approximate surface area is 100 Å². The van der Waals surface area contributed by atoms with Crippen LogP contribution in [-0.4, -0.2) is 12.6 Å². The van der Waals surface area contributed by atoms with Gasteiger partial charge in [-0.1, -0.05) is 0 Å². The molecule has 0 aliphatic carbocycles. The van der Waals surface area contributed by atoms with Crippen molar-refractivity contribution in [1.29, 1.82) is 0 Å². The Bertz CT molecular complexity index is 447. The zero-order chi connectivity index (χ0) is 9.97. The average Bonchev–Trinajstić information content (AvgIpc) is 2.79. The molecule has 0 saturated carbocycles. The van der Waals surface area contributed by atoms with E-state index in [-0.39, 0.29) is 19.5 Å². The van der Waals surface area contributed by atoms with Gasteiger partial charge in [-0.05, 0) is 18.2 Å². The van der Waals surface area contributed by atoms with Gasteiger partial charge in [-0.25, -0.2) is 0 Å². The van der Waals surface area contributed by atoms with Crippen LogP contribution in [0, 0.1) is 6.08 Å². The summed E-state index contributed by atoms with van der Waals surface area (Å²) in [5, 5.41) is 0. The Balaban J connectivity index is 0.00000112. The van der Waals surface area contributed by atoms with Crippen LogP contribution in [0.1, 0.15) is 5.56 Å². The molecule has 0 atom stereocenters. The van der Waals surface area contributed by atoms with Crippen molar-refractivity contribution in [1.82, 2.24) is 0 Å². The van der Waals surface area contributed by atoms with Gasteiger partial charge in [0, 0.05) is 31.5 Å². The molecule has 0 aliphatic rings. The van der Waals surface area contributed by atoms with Crippen molar-refractivity contribution >= 4 is 17.1 Å². The van der Waals surface area contributed by atoms with E-state index in [1.54, 1.807) is 0 Å². The van der Waals surface area contributed by atoms with E-state index >= 15 is 0 Å². The maximum absolute atomic E-state index is 10.7. The molecule has 2 heterocycles. The molecule has 0 fully saturated rings. The molecule has 0 aromatic carbocycles. The molecule has 0 aliphatic heterocycles. The summed E-state index contributed by atoms with van der Waals surface area (Å²) in [5.74, 6) is -0.511. The third kappa shape index (κ3) is 2.66. The van der Waals surface area contributed by atoms with E-state index in [4.69, 9.17) is 9.15 Å². The second-order valence-electron chi connectivity index (χ2n) is 2.93. The van der Waals surface area contributed by atoms with Crippen molar-refractivity contribution in [2.45, 2.75) is 6.42 Å². The van der Waals surface area contributed by atoms with Crippen LogP contribution >= 0.6 is 0 Å². The first-order valence-corrected chi connectivity index (χ1v) is 4.30. The topological polar surface area (TPSA) is 39.4 Å². The minimum Gasteiger partial charge on any atom is -0.490 e. The van der Waals surface area contributed by atoms with E-state index in [2.05, 4.69) is 12.7 Å². The smallest absolute Gasteiger partial charge is 0.147 e. The first kappa shape index (κ1) is 11.9. The first-order valence-electron chi connectivity index (χ1n) is 4.30. The summed E-state index contributed by atoms with van der Waals surface area (Å²) < 4.78 is 10.1. The second kappa shape index (κ2) is 5.08. The fourth-order valence-electron chi connectivity index (χ4n) is 1.35. The van der Waals surface area contributed by atoms with Crippen LogP contribution in [0.4, 0.5) is 0 Å². The summed E-state index contributed by atoms with van der Waals surface area (Å²) in [6, 6.07) is 5.76. The van der Waals surface area contributed by atoms with E-state index in [0.29, 0.717) is 13.0 Å². The quantitative estimate of drug-likeness (QED) is 0.374. The first-order chi connectivity index (χ1) is 6.79. The number of benzene rings is 1. The van der Waals surface area contributed by atoms with Crippen molar-refractivity contribution in [2.24, 2.45) is 0 Å². The average molecular weight is 292 g/mol. The van der Waals surface area contributed by atoms with Gasteiger partial charge in [0.2, 0.25) is 0 Å². The molecule has 3 nitrogen and oxygen atoms in total. The molecule has 0 saturated heterocycles. The van der Waals surface area contributed by atoms with Gasteiger partial charge in [0.1, 0.15) is 17.1 Å². The number of ether oxygens (including phenoxy) is 1. The minimum absolute atomic E-state index is 0. The van der Waals surface area contributed by atoms with Crippen molar-refractivity contribution < 1.29 is 33.4 Å². The fourth-order valence-corrected chi connectivity index (χ4v) is 1.35. The van der Waals surface area contributed by atoms with E-state index in [1.165, 1.54) is 0 Å². The summed E-state index contributed by atoms with van der Waals surface area (Å²) in [5.41, 5.74) is 2.79. The maximum Gasteiger partial charge on any atom is 0.147 e. The molecule has 1 radical (unpaired) electrons. The predicted molar refractivity (Wildman–Crippen MR) is 50.9 cm³/mol. The standard InChI is InChI=1S/C11H9O3.Rh/c1-2-11(12)13-6-5-8-7-9-3-4-10(8)14-9;/h3-4,7H,1,5-6H2;/q-1;. The zero-order valence-corrected chi connectivity index (χ0v) is 9.55. The van der Waals surface area contributed by atoms with Crippen molar-refractivity contribution in [3.8, 4) is 0 Å². The summed E-state index contributed by atoms with van der Waals surface area (Å²) >= 11 is 0. The van der Waals surface area contributed by atoms with E-state index in [9.17, 15) is 4.79 Å². The maximum atomic E-state index is 10.7. The number of carbonyl (C=O) groups is 1. The monoisotopic (exact) mass is 292 g/mol. The zero-order valence-electron chi connectivity index (χ0n) is 7.91. The van der Waals surface area contributed by atoms with E-state index in [0.717, 1.165) is 16.7 Å². The Hall–Kier alpha value is -1.15. The molecule has 4 heteroatoms. The van der Waals surface area contributed by atoms with Crippen molar-refractivity contribution in [3.05, 3.63) is 36.4 Å². The Morgan fingerprint density at radius 2 is 2.33 bits per heavy atom. The number of fused-ring (bicyclic) bond motifs is 2. The van der Waals surface area contributed by atoms with Crippen LogP contribution in [-0.2, 0) is 35.4 Å². The van der Waals surface area contributed by atoms with Gasteiger partial charge < -0.3 is 15.2 Å². The number of carbonyl (C=O) groups excluding carboxylic acids is 1. The molecule has 0 amide bonds. The van der Waals surface area contributed by atoms with Crippen LogP contribution in [0.25, 0.3) is 11.2 Å². The summed E-state index contributed by atoms with van der Waals surface area (Å²) in [7, 11) is 0. The third-order valence-electron chi connectivity index (χ3n) is 2.01. The summed E-state index contributed by atoms with van der Waals surface area (Å²) in [6.45, 7) is 3.52. The summed E-state index contributed by atoms with van der Waals surface area (Å²) in [4.78, 5) is 10.7. The van der Waals surface area contributed by atoms with Crippen molar-refractivity contribution in [2.75, 3.05) is 6.61 Å². The van der Waals surface area contributed by atoms with Crippen LogP contribution in [0.2, 0.25) is 0 Å². The van der Waals surface area contributed by atoms with Crippen LogP contribution in [0.15, 0.2) is 29.2 Å². The molecule has 2 bridgehead atoms. The van der Waals surface area contributed by atoms with Gasteiger partial charge in [-0.3, -0.25) is 11.4 Å². The van der Waals surface area contributed by atoms with E-state index in [1.807, 2.05) is 18.2 Å². The Kier molecular flexibility index (Phi) is 4.04. The number of esters is 1. The molecule has 2 aromatic rings. The molecule has 0 unspecified atom stereocenters. The SMILES string of the molecule is C=[C-]C(=O)OCCc1cc2ccc1o2.[Rh]. The molecular weight excluding hydrogens is 283 g/mol. The van der Waals surface area contributed by atoms with Gasteiger partial charge in [0.25, 0.3) is 0 Å². The molecule has 2 rings (SSSR count). The van der Waals surface area contributed by atoms with Crippen LogP contribution in [0.5, 0.6) is 0 Å². The van der Waals surface area contributed by atoms with E-state index < -0.39 is 5.97 Å². The normalized spacial score (nSPS) is 9.87. The van der Waals surface area contributed by atoms with Gasteiger partial charge in [0.05, 0.1) is 6.61 Å². The molecule has 0 spiro atoms. The molecule has 2 aromatic heterocycles. The summed E-state index contributed by atoms with van der Waals surface area (Å²) in [6.07, 6.45) is 2.80. The van der Waals surface area contributed by atoms with Gasteiger partial charge in [-0.2, -0.15) is 0 Å². The Morgan fingerprint density at radius 1 is 1.53 bits per heavy atom. The van der Waals surface area contributed by atoms with Gasteiger partial charge in [-0.15, -0.1) is 0 Å². The van der Waals surface area contributed by atoms with Crippen molar-refractivity contribution in [3.63, 3.8) is 0 Å². The second-order valence-corrected chi connectivity index (χ2v) is 2.93. The molecule has 15 heavy (non-hydrogen) atoms.